The fourth-order valence-corrected chi connectivity index (χ4v) is 0.391. The molecule has 11 heavy (non-hydrogen) atoms. The monoisotopic (exact) mass is 152 g/mol. The first kappa shape index (κ1) is 12.9. The standard InChI is InChI=1S/C6H8O4.Li.H/c7-5(8)3-1-2-4-6(9)10;;/h1,3H,2,4H2,(H,7,8)(H,9,10);;/q;+1;-1. The molecule has 0 aromatic heterocycles. The Morgan fingerprint density at radius 1 is 1.36 bits per heavy atom. The van der Waals surface area contributed by atoms with Crippen LogP contribution in [-0.4, -0.2) is 22.2 Å². The van der Waals surface area contributed by atoms with E-state index in [2.05, 4.69) is 0 Å². The molecule has 0 unspecified atom stereocenters. The van der Waals surface area contributed by atoms with E-state index < -0.39 is 11.9 Å². The molecule has 0 aromatic rings. The zero-order valence-electron chi connectivity index (χ0n) is 7.28. The maximum Gasteiger partial charge on any atom is 1.00 e. The van der Waals surface area contributed by atoms with Crippen LogP contribution in [0.25, 0.3) is 0 Å². The Labute approximate surface area is 77.6 Å². The molecule has 0 heterocycles. The van der Waals surface area contributed by atoms with Gasteiger partial charge >= 0.3 is 30.8 Å². The van der Waals surface area contributed by atoms with Crippen LogP contribution in [0.5, 0.6) is 0 Å². The first-order valence-electron chi connectivity index (χ1n) is 2.74. The van der Waals surface area contributed by atoms with Gasteiger partial charge in [0.05, 0.1) is 0 Å². The summed E-state index contributed by atoms with van der Waals surface area (Å²) in [4.78, 5) is 19.7. The molecule has 0 bridgehead atoms. The van der Waals surface area contributed by atoms with Gasteiger partial charge in [0, 0.05) is 12.5 Å². The third-order valence-electron chi connectivity index (χ3n) is 0.785. The molecule has 0 rings (SSSR count). The first-order valence-corrected chi connectivity index (χ1v) is 2.74. The summed E-state index contributed by atoms with van der Waals surface area (Å²) in [5.41, 5.74) is 0. The number of hydrogen-bond acceptors (Lipinski definition) is 2. The van der Waals surface area contributed by atoms with Gasteiger partial charge in [-0.1, -0.05) is 6.08 Å². The van der Waals surface area contributed by atoms with Crippen molar-refractivity contribution in [1.82, 2.24) is 0 Å². The number of rotatable bonds is 4. The summed E-state index contributed by atoms with van der Waals surface area (Å²) in [6.45, 7) is 0. The maximum atomic E-state index is 9.86. The minimum Gasteiger partial charge on any atom is -1.00 e. The van der Waals surface area contributed by atoms with E-state index in [9.17, 15) is 9.59 Å². The Morgan fingerprint density at radius 3 is 2.27 bits per heavy atom. The summed E-state index contributed by atoms with van der Waals surface area (Å²) >= 11 is 0. The van der Waals surface area contributed by atoms with Gasteiger partial charge in [-0.2, -0.15) is 0 Å². The summed E-state index contributed by atoms with van der Waals surface area (Å²) in [6.07, 6.45) is 2.49. The normalized spacial score (nSPS) is 9.09. The molecular weight excluding hydrogens is 143 g/mol. The van der Waals surface area contributed by atoms with Crippen molar-refractivity contribution < 1.29 is 40.1 Å². The van der Waals surface area contributed by atoms with E-state index in [4.69, 9.17) is 10.2 Å². The molecule has 0 aliphatic carbocycles. The Bertz CT molecular complexity index is 169. The minimum absolute atomic E-state index is 0. The summed E-state index contributed by atoms with van der Waals surface area (Å²) in [5, 5.41) is 16.1. The van der Waals surface area contributed by atoms with E-state index in [0.29, 0.717) is 0 Å². The van der Waals surface area contributed by atoms with Crippen LogP contribution in [0.3, 0.4) is 0 Å². The molecule has 0 saturated carbocycles. The van der Waals surface area contributed by atoms with Gasteiger partial charge in [-0.3, -0.25) is 4.79 Å². The summed E-state index contributed by atoms with van der Waals surface area (Å²) in [6, 6.07) is 0. The van der Waals surface area contributed by atoms with E-state index in [1.54, 1.807) is 0 Å². The van der Waals surface area contributed by atoms with Gasteiger partial charge < -0.3 is 11.6 Å². The topological polar surface area (TPSA) is 74.6 Å². The van der Waals surface area contributed by atoms with Crippen LogP contribution >= 0.6 is 0 Å². The van der Waals surface area contributed by atoms with Crippen LogP contribution in [-0.2, 0) is 9.59 Å². The molecule has 2 N–H and O–H groups in total. The van der Waals surface area contributed by atoms with Gasteiger partial charge in [0.15, 0.2) is 0 Å². The zero-order chi connectivity index (χ0) is 7.98. The van der Waals surface area contributed by atoms with E-state index in [1.807, 2.05) is 0 Å². The Morgan fingerprint density at radius 2 is 1.91 bits per heavy atom. The molecular formula is C6H9LiO4. The number of hydrogen-bond donors (Lipinski definition) is 2. The first-order chi connectivity index (χ1) is 4.63. The molecule has 0 atom stereocenters. The molecule has 0 amide bonds. The van der Waals surface area contributed by atoms with Crippen molar-refractivity contribution >= 4 is 11.9 Å². The van der Waals surface area contributed by atoms with Gasteiger partial charge in [0.1, 0.15) is 0 Å². The zero-order valence-corrected chi connectivity index (χ0v) is 6.28. The predicted molar refractivity (Wildman–Crippen MR) is 34.8 cm³/mol. The number of allylic oxidation sites excluding steroid dienone is 1. The van der Waals surface area contributed by atoms with E-state index in [1.165, 1.54) is 6.08 Å². The molecule has 0 aliphatic heterocycles. The second-order valence-electron chi connectivity index (χ2n) is 1.67. The van der Waals surface area contributed by atoms with Crippen molar-refractivity contribution in [3.05, 3.63) is 12.2 Å². The average molecular weight is 152 g/mol. The Balaban J connectivity index is -0.000000405. The molecule has 5 heteroatoms. The molecule has 0 radical (unpaired) electrons. The van der Waals surface area contributed by atoms with Crippen LogP contribution in [0.2, 0.25) is 0 Å². The quantitative estimate of drug-likeness (QED) is 0.348. The van der Waals surface area contributed by atoms with Gasteiger partial charge in [-0.25, -0.2) is 4.79 Å². The van der Waals surface area contributed by atoms with Crippen molar-refractivity contribution in [1.29, 1.82) is 0 Å². The molecule has 0 aliphatic rings. The van der Waals surface area contributed by atoms with Gasteiger partial charge in [-0.05, 0) is 6.42 Å². The van der Waals surface area contributed by atoms with E-state index in [0.717, 1.165) is 6.08 Å². The molecule has 0 saturated heterocycles. The Hall–Kier alpha value is -0.723. The average Bonchev–Trinajstić information content (AvgIpc) is 1.79. The molecule has 0 fully saturated rings. The number of carbonyl (C=O) groups is 2. The number of aliphatic carboxylic acids is 2. The van der Waals surface area contributed by atoms with Crippen molar-refractivity contribution in [2.45, 2.75) is 12.8 Å². The second kappa shape index (κ2) is 7.39. The molecule has 58 valence electrons. The van der Waals surface area contributed by atoms with Crippen molar-refractivity contribution in [3.63, 3.8) is 0 Å². The molecule has 0 aromatic carbocycles. The summed E-state index contributed by atoms with van der Waals surface area (Å²) in [5.74, 6) is -1.97. The van der Waals surface area contributed by atoms with Crippen LogP contribution in [0.15, 0.2) is 12.2 Å². The predicted octanol–water partition coefficient (Wildman–Crippen LogP) is -2.39. The third kappa shape index (κ3) is 12.5. The van der Waals surface area contributed by atoms with Crippen LogP contribution < -0.4 is 18.9 Å². The third-order valence-corrected chi connectivity index (χ3v) is 0.785. The largest absolute Gasteiger partial charge is 1.00 e. The fourth-order valence-electron chi connectivity index (χ4n) is 0.391. The smallest absolute Gasteiger partial charge is 1.00 e. The fraction of sp³-hybridized carbons (Fsp3) is 0.333. The van der Waals surface area contributed by atoms with Crippen LogP contribution in [0.4, 0.5) is 0 Å². The van der Waals surface area contributed by atoms with Gasteiger partial charge in [0.2, 0.25) is 0 Å². The SMILES string of the molecule is O=C(O)C=CCCC(=O)O.[H-].[Li+]. The molecule has 0 spiro atoms. The summed E-state index contributed by atoms with van der Waals surface area (Å²) in [7, 11) is 0. The molecule has 4 nitrogen and oxygen atoms in total. The Kier molecular flexibility index (Phi) is 8.67. The van der Waals surface area contributed by atoms with Crippen molar-refractivity contribution in [3.8, 4) is 0 Å². The van der Waals surface area contributed by atoms with Gasteiger partial charge in [0.25, 0.3) is 0 Å². The maximum absolute atomic E-state index is 9.86. The van der Waals surface area contributed by atoms with E-state index >= 15 is 0 Å². The minimum atomic E-state index is -1.05. The van der Waals surface area contributed by atoms with Crippen molar-refractivity contribution in [2.24, 2.45) is 0 Å². The number of carboxylic acids is 2. The van der Waals surface area contributed by atoms with Crippen molar-refractivity contribution in [2.75, 3.05) is 0 Å². The van der Waals surface area contributed by atoms with E-state index in [-0.39, 0.29) is 33.1 Å². The van der Waals surface area contributed by atoms with Crippen LogP contribution in [0, 0.1) is 0 Å². The second-order valence-corrected chi connectivity index (χ2v) is 1.67. The number of carboxylic acid groups (broad SMARTS) is 2. The van der Waals surface area contributed by atoms with Gasteiger partial charge in [-0.15, -0.1) is 0 Å². The van der Waals surface area contributed by atoms with Crippen LogP contribution in [0.1, 0.15) is 14.3 Å². The summed E-state index contributed by atoms with van der Waals surface area (Å²) < 4.78 is 0.